The minimum Gasteiger partial charge on any atom is -0.507 e. The molecule has 0 spiro atoms. The van der Waals surface area contributed by atoms with Gasteiger partial charge in [0.15, 0.2) is 12.1 Å². The zero-order valence-corrected chi connectivity index (χ0v) is 11.3. The molecular weight excluding hydrogens is 291 g/mol. The molecule has 0 saturated carbocycles. The molecule has 2 rings (SSSR count). The highest BCUT2D eigenvalue weighted by Gasteiger charge is 2.28. The fourth-order valence-corrected chi connectivity index (χ4v) is 2.16. The average Bonchev–Trinajstić information content (AvgIpc) is 2.92. The highest BCUT2D eigenvalue weighted by molar-refractivity contribution is 6.31. The van der Waals surface area contributed by atoms with Gasteiger partial charge in [-0.3, -0.25) is 4.79 Å². The molecule has 1 fully saturated rings. The van der Waals surface area contributed by atoms with Gasteiger partial charge in [-0.15, -0.1) is 0 Å². The normalized spacial score (nSPS) is 17.4. The van der Waals surface area contributed by atoms with Crippen LogP contribution in [0.15, 0.2) is 12.1 Å². The third-order valence-electron chi connectivity index (χ3n) is 3.06. The second kappa shape index (κ2) is 6.49. The number of carbonyl (C=O) groups excluding carboxylic acids is 1. The first kappa shape index (κ1) is 15.2. The fraction of sp³-hybridized carbons (Fsp3) is 0.462. The second-order valence-corrected chi connectivity index (χ2v) is 4.84. The van der Waals surface area contributed by atoms with E-state index in [0.29, 0.717) is 13.2 Å². The Hall–Kier alpha value is -1.21. The standard InChI is InChI=1S/C13H14ClFO5/c14-9-4-8(11(17)5-10(9)15)13(18)7(6-16)3-12-19-1-2-20-12/h4-5,7,12,16-17H,1-3,6H2. The summed E-state index contributed by atoms with van der Waals surface area (Å²) < 4.78 is 23.6. The van der Waals surface area contributed by atoms with E-state index in [2.05, 4.69) is 0 Å². The Labute approximate surface area is 119 Å². The molecule has 1 saturated heterocycles. The van der Waals surface area contributed by atoms with E-state index in [9.17, 15) is 19.4 Å². The van der Waals surface area contributed by atoms with E-state index in [0.717, 1.165) is 12.1 Å². The van der Waals surface area contributed by atoms with Crippen LogP contribution in [0, 0.1) is 11.7 Å². The Balaban J connectivity index is 2.17. The number of ketones is 1. The first-order valence-electron chi connectivity index (χ1n) is 6.09. The lowest BCUT2D eigenvalue weighted by atomic mass is 9.94. The number of aliphatic hydroxyl groups excluding tert-OH is 1. The first-order chi connectivity index (χ1) is 9.52. The summed E-state index contributed by atoms with van der Waals surface area (Å²) in [5.41, 5.74) is -0.131. The van der Waals surface area contributed by atoms with E-state index in [4.69, 9.17) is 21.1 Å². The molecule has 1 aliphatic rings. The number of phenols is 1. The highest BCUT2D eigenvalue weighted by Crippen LogP contribution is 2.28. The Morgan fingerprint density at radius 2 is 2.10 bits per heavy atom. The van der Waals surface area contributed by atoms with Crippen LogP contribution in [0.5, 0.6) is 5.75 Å². The summed E-state index contributed by atoms with van der Waals surface area (Å²) in [5, 5.41) is 18.7. The second-order valence-electron chi connectivity index (χ2n) is 4.43. The van der Waals surface area contributed by atoms with Crippen molar-refractivity contribution >= 4 is 17.4 Å². The van der Waals surface area contributed by atoms with Crippen molar-refractivity contribution in [3.8, 4) is 5.75 Å². The van der Waals surface area contributed by atoms with Crippen molar-refractivity contribution in [1.82, 2.24) is 0 Å². The number of hydrogen-bond acceptors (Lipinski definition) is 5. The third-order valence-corrected chi connectivity index (χ3v) is 3.35. The maximum absolute atomic E-state index is 13.1. The van der Waals surface area contributed by atoms with E-state index in [1.807, 2.05) is 0 Å². The molecule has 1 aliphatic heterocycles. The zero-order chi connectivity index (χ0) is 14.7. The lowest BCUT2D eigenvalue weighted by Gasteiger charge is -2.17. The Bertz CT molecular complexity index is 502. The number of Topliss-reactive ketones (excluding diaryl/α,β-unsaturated/α-hetero) is 1. The molecule has 1 aromatic carbocycles. The number of halogens is 2. The lowest BCUT2D eigenvalue weighted by molar-refractivity contribution is -0.0580. The quantitative estimate of drug-likeness (QED) is 0.810. The van der Waals surface area contributed by atoms with Crippen molar-refractivity contribution in [2.45, 2.75) is 12.7 Å². The van der Waals surface area contributed by atoms with Crippen LogP contribution in [-0.2, 0) is 9.47 Å². The van der Waals surface area contributed by atoms with Crippen molar-refractivity contribution in [3.05, 3.63) is 28.5 Å². The van der Waals surface area contributed by atoms with Crippen LogP contribution >= 0.6 is 11.6 Å². The smallest absolute Gasteiger partial charge is 0.172 e. The van der Waals surface area contributed by atoms with Crippen LogP contribution in [0.3, 0.4) is 0 Å². The molecule has 0 amide bonds. The van der Waals surface area contributed by atoms with Crippen LogP contribution in [0.4, 0.5) is 4.39 Å². The number of ether oxygens (including phenoxy) is 2. The third kappa shape index (κ3) is 3.27. The topological polar surface area (TPSA) is 76.0 Å². The number of carbonyl (C=O) groups is 1. The number of hydrogen-bond donors (Lipinski definition) is 2. The van der Waals surface area contributed by atoms with Crippen LogP contribution < -0.4 is 0 Å². The van der Waals surface area contributed by atoms with Crippen molar-refractivity contribution in [2.24, 2.45) is 5.92 Å². The summed E-state index contributed by atoms with van der Waals surface area (Å²) >= 11 is 5.60. The minimum atomic E-state index is -0.816. The van der Waals surface area contributed by atoms with Gasteiger partial charge in [0.2, 0.25) is 0 Å². The Kier molecular flexibility index (Phi) is 4.93. The van der Waals surface area contributed by atoms with Crippen molar-refractivity contribution in [2.75, 3.05) is 19.8 Å². The SMILES string of the molecule is O=C(c1cc(Cl)c(F)cc1O)C(CO)CC1OCCO1. The monoisotopic (exact) mass is 304 g/mol. The molecule has 1 unspecified atom stereocenters. The average molecular weight is 305 g/mol. The molecule has 7 heteroatoms. The minimum absolute atomic E-state index is 0.131. The number of aliphatic hydroxyl groups is 1. The van der Waals surface area contributed by atoms with Gasteiger partial charge in [0.25, 0.3) is 0 Å². The highest BCUT2D eigenvalue weighted by atomic mass is 35.5. The van der Waals surface area contributed by atoms with Gasteiger partial charge >= 0.3 is 0 Å². The van der Waals surface area contributed by atoms with E-state index in [1.54, 1.807) is 0 Å². The fourth-order valence-electron chi connectivity index (χ4n) is 1.99. The van der Waals surface area contributed by atoms with Crippen molar-refractivity contribution in [1.29, 1.82) is 0 Å². The van der Waals surface area contributed by atoms with Crippen LogP contribution in [-0.4, -0.2) is 42.1 Å². The Morgan fingerprint density at radius 3 is 2.70 bits per heavy atom. The van der Waals surface area contributed by atoms with E-state index >= 15 is 0 Å². The van der Waals surface area contributed by atoms with E-state index in [-0.39, 0.29) is 17.0 Å². The summed E-state index contributed by atoms with van der Waals surface area (Å²) in [6.45, 7) is 0.436. The van der Waals surface area contributed by atoms with Crippen LogP contribution in [0.25, 0.3) is 0 Å². The molecule has 1 aromatic rings. The molecule has 110 valence electrons. The van der Waals surface area contributed by atoms with E-state index in [1.165, 1.54) is 0 Å². The number of phenolic OH excluding ortho intramolecular Hbond substituents is 1. The predicted octanol–water partition coefficient (Wildman–Crippen LogP) is 1.74. The molecule has 0 bridgehead atoms. The summed E-state index contributed by atoms with van der Waals surface area (Å²) in [6.07, 6.45) is -0.404. The number of benzene rings is 1. The molecular formula is C13H14ClFO5. The van der Waals surface area contributed by atoms with Crippen molar-refractivity contribution in [3.63, 3.8) is 0 Å². The summed E-state index contributed by atoms with van der Waals surface area (Å²) in [6, 6.07) is 1.82. The van der Waals surface area contributed by atoms with Gasteiger partial charge in [-0.2, -0.15) is 0 Å². The van der Waals surface area contributed by atoms with Crippen LogP contribution in [0.2, 0.25) is 5.02 Å². The maximum atomic E-state index is 13.1. The molecule has 0 aromatic heterocycles. The number of rotatable bonds is 5. The molecule has 2 N–H and O–H groups in total. The molecule has 0 radical (unpaired) electrons. The van der Waals surface area contributed by atoms with Gasteiger partial charge < -0.3 is 19.7 Å². The molecule has 0 aliphatic carbocycles. The molecule has 5 nitrogen and oxygen atoms in total. The number of aromatic hydroxyl groups is 1. The van der Waals surface area contributed by atoms with E-state index < -0.39 is 36.2 Å². The van der Waals surface area contributed by atoms with Crippen molar-refractivity contribution < 1.29 is 28.9 Å². The van der Waals surface area contributed by atoms with Gasteiger partial charge in [-0.1, -0.05) is 11.6 Å². The molecule has 1 atom stereocenters. The predicted molar refractivity (Wildman–Crippen MR) is 68.3 cm³/mol. The summed E-state index contributed by atoms with van der Waals surface area (Å²) in [5.74, 6) is -2.68. The summed E-state index contributed by atoms with van der Waals surface area (Å²) in [4.78, 5) is 12.2. The van der Waals surface area contributed by atoms with Gasteiger partial charge in [-0.05, 0) is 6.07 Å². The van der Waals surface area contributed by atoms with Gasteiger partial charge in [0, 0.05) is 12.5 Å². The van der Waals surface area contributed by atoms with Crippen LogP contribution in [0.1, 0.15) is 16.8 Å². The van der Waals surface area contributed by atoms with Gasteiger partial charge in [-0.25, -0.2) is 4.39 Å². The maximum Gasteiger partial charge on any atom is 0.172 e. The lowest BCUT2D eigenvalue weighted by Crippen LogP contribution is -2.25. The van der Waals surface area contributed by atoms with Gasteiger partial charge in [0.05, 0.1) is 36.3 Å². The Morgan fingerprint density at radius 1 is 1.45 bits per heavy atom. The largest absolute Gasteiger partial charge is 0.507 e. The van der Waals surface area contributed by atoms with Gasteiger partial charge in [0.1, 0.15) is 11.6 Å². The summed E-state index contributed by atoms with van der Waals surface area (Å²) in [7, 11) is 0. The molecule has 20 heavy (non-hydrogen) atoms. The molecule has 1 heterocycles. The zero-order valence-electron chi connectivity index (χ0n) is 10.5. The first-order valence-corrected chi connectivity index (χ1v) is 6.47.